The molecule has 0 aliphatic rings. The zero-order chi connectivity index (χ0) is 23.1. The van der Waals surface area contributed by atoms with Gasteiger partial charge in [-0.3, -0.25) is 9.36 Å². The van der Waals surface area contributed by atoms with Crippen LogP contribution in [-0.4, -0.2) is 23.4 Å². The van der Waals surface area contributed by atoms with Crippen LogP contribution >= 0.6 is 23.5 Å². The molecule has 170 valence electrons. The third kappa shape index (κ3) is 6.94. The van der Waals surface area contributed by atoms with Crippen molar-refractivity contribution in [3.05, 3.63) is 69.7 Å². The molecular formula is C22H27BrF2NO4P. The number of hydrogen-bond donors (Lipinski definition) is 2. The van der Waals surface area contributed by atoms with E-state index in [4.69, 9.17) is 4.52 Å². The van der Waals surface area contributed by atoms with Crippen molar-refractivity contribution in [3.63, 3.8) is 0 Å². The van der Waals surface area contributed by atoms with Gasteiger partial charge in [-0.1, -0.05) is 59.3 Å². The lowest BCUT2D eigenvalue weighted by molar-refractivity contribution is 0.0341. The summed E-state index contributed by atoms with van der Waals surface area (Å²) in [7, 11) is -5.27. The molecule has 2 N–H and O–H groups in total. The molecule has 9 heteroatoms. The third-order valence-electron chi connectivity index (χ3n) is 4.83. The van der Waals surface area contributed by atoms with Crippen molar-refractivity contribution in [1.82, 2.24) is 5.32 Å². The third-order valence-corrected chi connectivity index (χ3v) is 7.08. The van der Waals surface area contributed by atoms with Gasteiger partial charge in [-0.05, 0) is 50.3 Å². The van der Waals surface area contributed by atoms with Crippen LogP contribution in [0.3, 0.4) is 0 Å². The number of carbonyl (C=O) groups is 1. The second-order valence-electron chi connectivity index (χ2n) is 7.28. The fourth-order valence-corrected chi connectivity index (χ4v) is 4.89. The molecule has 2 unspecified atom stereocenters. The second-order valence-corrected chi connectivity index (χ2v) is 9.95. The molecule has 0 saturated carbocycles. The summed E-state index contributed by atoms with van der Waals surface area (Å²) in [5.74, 6) is -0.404. The minimum atomic E-state index is -5.27. The normalized spacial score (nSPS) is 14.6. The van der Waals surface area contributed by atoms with Gasteiger partial charge in [0.2, 0.25) is 0 Å². The number of amides is 1. The highest BCUT2D eigenvalue weighted by molar-refractivity contribution is 9.10. The standard InChI is InChI=1S/C22H27BrF2NO4P/c1-3-16(2)30-31(28,29)22(24,25)19-13-12-18(15-20(19)23)21(27)26-14-8-7-11-17-9-5-4-6-10-17/h4-6,9-10,12-13,15-16H,3,7-8,11,14H2,1-2H3,(H,26,27)(H,28,29). The van der Waals surface area contributed by atoms with Gasteiger partial charge < -0.3 is 14.7 Å². The first-order valence-corrected chi connectivity index (χ1v) is 12.5. The summed E-state index contributed by atoms with van der Waals surface area (Å²) in [5.41, 5.74) is -3.43. The Morgan fingerprint density at radius 3 is 2.52 bits per heavy atom. The average molecular weight is 518 g/mol. The number of alkyl halides is 2. The van der Waals surface area contributed by atoms with Gasteiger partial charge in [-0.2, -0.15) is 8.78 Å². The first-order chi connectivity index (χ1) is 14.6. The summed E-state index contributed by atoms with van der Waals surface area (Å²) in [4.78, 5) is 22.2. The monoisotopic (exact) mass is 517 g/mol. The van der Waals surface area contributed by atoms with Crippen molar-refractivity contribution in [3.8, 4) is 0 Å². The van der Waals surface area contributed by atoms with Gasteiger partial charge in [-0.25, -0.2) is 0 Å². The van der Waals surface area contributed by atoms with Crippen LogP contribution < -0.4 is 5.32 Å². The summed E-state index contributed by atoms with van der Waals surface area (Å²) in [5, 5.41) is 2.76. The molecule has 5 nitrogen and oxygen atoms in total. The van der Waals surface area contributed by atoms with Gasteiger partial charge in [-0.15, -0.1) is 0 Å². The molecule has 2 atom stereocenters. The molecule has 31 heavy (non-hydrogen) atoms. The highest BCUT2D eigenvalue weighted by atomic mass is 79.9. The molecule has 0 fully saturated rings. The van der Waals surface area contributed by atoms with E-state index in [1.807, 2.05) is 30.3 Å². The van der Waals surface area contributed by atoms with Crippen LogP contribution in [0.15, 0.2) is 53.0 Å². The Bertz CT molecular complexity index is 927. The number of aryl methyl sites for hydroxylation is 1. The number of hydrogen-bond acceptors (Lipinski definition) is 3. The minimum Gasteiger partial charge on any atom is -0.352 e. The van der Waals surface area contributed by atoms with Gasteiger partial charge in [0.15, 0.2) is 0 Å². The lowest BCUT2D eigenvalue weighted by Crippen LogP contribution is -2.25. The van der Waals surface area contributed by atoms with Crippen LogP contribution in [0.25, 0.3) is 0 Å². The zero-order valence-corrected chi connectivity index (χ0v) is 20.0. The minimum absolute atomic E-state index is 0.142. The van der Waals surface area contributed by atoms with E-state index in [1.54, 1.807) is 6.92 Å². The zero-order valence-electron chi connectivity index (χ0n) is 17.5. The van der Waals surface area contributed by atoms with E-state index in [0.29, 0.717) is 13.0 Å². The highest BCUT2D eigenvalue weighted by Gasteiger charge is 2.54. The Balaban J connectivity index is 1.96. The molecular weight excluding hydrogens is 491 g/mol. The van der Waals surface area contributed by atoms with Gasteiger partial charge in [0.05, 0.1) is 6.10 Å². The summed E-state index contributed by atoms with van der Waals surface area (Å²) < 4.78 is 46.1. The van der Waals surface area contributed by atoms with Crippen molar-refractivity contribution in [2.24, 2.45) is 0 Å². The van der Waals surface area contributed by atoms with E-state index in [2.05, 4.69) is 21.2 Å². The molecule has 0 radical (unpaired) electrons. The van der Waals surface area contributed by atoms with Crippen LogP contribution in [0.5, 0.6) is 0 Å². The lowest BCUT2D eigenvalue weighted by Gasteiger charge is -2.25. The lowest BCUT2D eigenvalue weighted by atomic mass is 10.1. The van der Waals surface area contributed by atoms with Crippen molar-refractivity contribution in [2.75, 3.05) is 6.54 Å². The van der Waals surface area contributed by atoms with Crippen molar-refractivity contribution >= 4 is 29.4 Å². The van der Waals surface area contributed by atoms with Crippen LogP contribution in [0.1, 0.15) is 54.6 Å². The van der Waals surface area contributed by atoms with Gasteiger partial charge in [0, 0.05) is 22.1 Å². The molecule has 0 saturated heterocycles. The van der Waals surface area contributed by atoms with Gasteiger partial charge in [0.1, 0.15) is 0 Å². The van der Waals surface area contributed by atoms with Gasteiger partial charge in [0.25, 0.3) is 5.91 Å². The van der Waals surface area contributed by atoms with Crippen LogP contribution in [0.2, 0.25) is 0 Å². The maximum absolute atomic E-state index is 14.7. The van der Waals surface area contributed by atoms with Crippen LogP contribution in [-0.2, 0) is 21.2 Å². The predicted octanol–water partition coefficient (Wildman–Crippen LogP) is 6.25. The second kappa shape index (κ2) is 11.3. The maximum Gasteiger partial charge on any atom is 0.402 e. The fourth-order valence-electron chi connectivity index (χ4n) is 2.84. The number of nitrogens with one attached hydrogen (secondary N) is 1. The van der Waals surface area contributed by atoms with Gasteiger partial charge >= 0.3 is 13.3 Å². The summed E-state index contributed by atoms with van der Waals surface area (Å²) in [6, 6.07) is 13.4. The summed E-state index contributed by atoms with van der Waals surface area (Å²) in [6.45, 7) is 3.56. The Labute approximate surface area is 189 Å². The fraction of sp³-hybridized carbons (Fsp3) is 0.409. The van der Waals surface area contributed by atoms with Crippen molar-refractivity contribution < 1.29 is 27.6 Å². The van der Waals surface area contributed by atoms with Crippen LogP contribution in [0, 0.1) is 0 Å². The maximum atomic E-state index is 14.7. The molecule has 0 aromatic heterocycles. The molecule has 0 aliphatic heterocycles. The Kier molecular flexibility index (Phi) is 9.37. The quantitative estimate of drug-likeness (QED) is 0.272. The smallest absolute Gasteiger partial charge is 0.352 e. The Morgan fingerprint density at radius 1 is 1.23 bits per heavy atom. The van der Waals surface area contributed by atoms with Crippen molar-refractivity contribution in [1.29, 1.82) is 0 Å². The molecule has 0 aliphatic carbocycles. The Morgan fingerprint density at radius 2 is 1.90 bits per heavy atom. The molecule has 2 rings (SSSR count). The number of rotatable bonds is 11. The van der Waals surface area contributed by atoms with Crippen LogP contribution in [0.4, 0.5) is 8.78 Å². The van der Waals surface area contributed by atoms with E-state index in [0.717, 1.165) is 25.3 Å². The number of halogens is 3. The summed E-state index contributed by atoms with van der Waals surface area (Å²) >= 11 is 3.00. The SMILES string of the molecule is CCC(C)OP(=O)(O)C(F)(F)c1ccc(C(=O)NCCCCc2ccccc2)cc1Br. The first-order valence-electron chi connectivity index (χ1n) is 10.1. The van der Waals surface area contributed by atoms with Crippen molar-refractivity contribution in [2.45, 2.75) is 51.3 Å². The first kappa shape index (κ1) is 25.7. The highest BCUT2D eigenvalue weighted by Crippen LogP contribution is 2.64. The molecule has 2 aromatic carbocycles. The number of unbranched alkanes of at least 4 members (excludes halogenated alkanes) is 1. The number of benzene rings is 2. The summed E-state index contributed by atoms with van der Waals surface area (Å²) in [6.07, 6.45) is 2.10. The largest absolute Gasteiger partial charge is 0.402 e. The average Bonchev–Trinajstić information content (AvgIpc) is 2.73. The molecule has 1 amide bonds. The predicted molar refractivity (Wildman–Crippen MR) is 120 cm³/mol. The topological polar surface area (TPSA) is 75.6 Å². The van der Waals surface area contributed by atoms with E-state index in [1.165, 1.54) is 24.6 Å². The van der Waals surface area contributed by atoms with E-state index in [9.17, 15) is 23.0 Å². The molecule has 0 heterocycles. The molecule has 0 bridgehead atoms. The molecule has 2 aromatic rings. The Hall–Kier alpha value is -1.60. The molecule has 0 spiro atoms. The van der Waals surface area contributed by atoms with E-state index < -0.39 is 30.8 Å². The van der Waals surface area contributed by atoms with E-state index >= 15 is 0 Å². The number of carbonyl (C=O) groups excluding carboxylic acids is 1. The van der Waals surface area contributed by atoms with E-state index in [-0.39, 0.29) is 10.0 Å².